The minimum Gasteiger partial charge on any atom is -0.505 e. The third kappa shape index (κ3) is 2.00. The summed E-state index contributed by atoms with van der Waals surface area (Å²) >= 11 is 9.30. The van der Waals surface area contributed by atoms with Crippen LogP contribution in [0.5, 0.6) is 5.75 Å². The quantitative estimate of drug-likeness (QED) is 0.834. The van der Waals surface area contributed by atoms with Gasteiger partial charge in [0.2, 0.25) is 0 Å². The maximum atomic E-state index is 11.6. The number of carbonyl (C=O) groups excluding carboxylic acids is 1. The summed E-state index contributed by atoms with van der Waals surface area (Å²) in [4.78, 5) is 14.3. The number of fused-ring (bicyclic) bond motifs is 1. The van der Waals surface area contributed by atoms with Crippen LogP contribution in [-0.2, 0) is 4.74 Å². The summed E-state index contributed by atoms with van der Waals surface area (Å²) < 4.78 is 5.47. The average molecular weight is 319 g/mol. The van der Waals surface area contributed by atoms with Gasteiger partial charge in [-0.15, -0.1) is 0 Å². The summed E-state index contributed by atoms with van der Waals surface area (Å²) in [5.74, 6) is -0.793. The zero-order valence-electron chi connectivity index (χ0n) is 8.88. The van der Waals surface area contributed by atoms with Crippen molar-refractivity contribution in [1.82, 2.24) is 4.98 Å². The largest absolute Gasteiger partial charge is 0.505 e. The van der Waals surface area contributed by atoms with E-state index < -0.39 is 5.97 Å². The molecule has 2 rings (SSSR count). The van der Waals surface area contributed by atoms with Gasteiger partial charge in [-0.05, 0) is 35.0 Å². The summed E-state index contributed by atoms with van der Waals surface area (Å²) in [5.41, 5.74) is 0.598. The first kappa shape index (κ1) is 12.3. The van der Waals surface area contributed by atoms with Crippen LogP contribution < -0.4 is 0 Å². The van der Waals surface area contributed by atoms with Gasteiger partial charge in [0.25, 0.3) is 0 Å². The van der Waals surface area contributed by atoms with Gasteiger partial charge in [-0.3, -0.25) is 0 Å². The van der Waals surface area contributed by atoms with Gasteiger partial charge in [0.1, 0.15) is 0 Å². The number of hydrogen-bond donors (Lipinski definition) is 2. The van der Waals surface area contributed by atoms with Crippen molar-refractivity contribution in [2.24, 2.45) is 0 Å². The van der Waals surface area contributed by atoms with E-state index in [0.717, 1.165) is 0 Å². The molecule has 0 bridgehead atoms. The van der Waals surface area contributed by atoms with Crippen molar-refractivity contribution in [2.75, 3.05) is 6.61 Å². The van der Waals surface area contributed by atoms with Crippen molar-refractivity contribution >= 4 is 44.4 Å². The molecular weight excluding hydrogens is 309 g/mol. The number of esters is 1. The number of aromatic amines is 1. The van der Waals surface area contributed by atoms with Crippen LogP contribution in [0.4, 0.5) is 0 Å². The van der Waals surface area contributed by atoms with Gasteiger partial charge >= 0.3 is 5.97 Å². The van der Waals surface area contributed by atoms with Gasteiger partial charge in [0.15, 0.2) is 11.4 Å². The van der Waals surface area contributed by atoms with Crippen LogP contribution in [0.15, 0.2) is 16.6 Å². The molecule has 2 N–H and O–H groups in total. The molecule has 0 radical (unpaired) electrons. The van der Waals surface area contributed by atoms with Crippen molar-refractivity contribution in [3.05, 3.63) is 27.3 Å². The van der Waals surface area contributed by atoms with Crippen molar-refractivity contribution in [3.8, 4) is 5.75 Å². The molecule has 0 unspecified atom stereocenters. The van der Waals surface area contributed by atoms with E-state index in [4.69, 9.17) is 16.3 Å². The molecule has 0 amide bonds. The second kappa shape index (κ2) is 4.58. The molecule has 17 heavy (non-hydrogen) atoms. The fourth-order valence-corrected chi connectivity index (χ4v) is 2.14. The van der Waals surface area contributed by atoms with E-state index in [0.29, 0.717) is 20.4 Å². The summed E-state index contributed by atoms with van der Waals surface area (Å²) in [7, 11) is 0. The predicted octanol–water partition coefficient (Wildman–Crippen LogP) is 3.47. The Labute approximate surface area is 111 Å². The number of ether oxygens (including phenoxy) is 1. The molecule has 0 fully saturated rings. The molecule has 0 aliphatic rings. The fraction of sp³-hybridized carbons (Fsp3) is 0.182. The fourth-order valence-electron chi connectivity index (χ4n) is 1.56. The molecule has 1 aromatic carbocycles. The van der Waals surface area contributed by atoms with Gasteiger partial charge in [-0.1, -0.05) is 11.6 Å². The molecule has 0 aliphatic carbocycles. The molecule has 2 aromatic rings. The Morgan fingerprint density at radius 1 is 1.59 bits per heavy atom. The van der Waals surface area contributed by atoms with Crippen LogP contribution in [0.3, 0.4) is 0 Å². The highest BCUT2D eigenvalue weighted by Gasteiger charge is 2.20. The minimum absolute atomic E-state index is 0.0156. The van der Waals surface area contributed by atoms with Crippen molar-refractivity contribution < 1.29 is 14.6 Å². The van der Waals surface area contributed by atoms with Crippen LogP contribution >= 0.6 is 27.5 Å². The van der Waals surface area contributed by atoms with E-state index in [1.165, 1.54) is 0 Å². The maximum absolute atomic E-state index is 11.6. The highest BCUT2D eigenvalue weighted by molar-refractivity contribution is 9.10. The molecule has 0 aliphatic heterocycles. The maximum Gasteiger partial charge on any atom is 0.358 e. The first-order valence-corrected chi connectivity index (χ1v) is 6.09. The Balaban J connectivity index is 2.65. The zero-order chi connectivity index (χ0) is 12.6. The molecule has 1 heterocycles. The lowest BCUT2D eigenvalue weighted by molar-refractivity contribution is 0.0517. The molecule has 0 saturated carbocycles. The predicted molar refractivity (Wildman–Crippen MR) is 68.6 cm³/mol. The number of halogens is 2. The molecule has 0 saturated heterocycles. The number of carbonyl (C=O) groups is 1. The Morgan fingerprint density at radius 2 is 2.29 bits per heavy atom. The van der Waals surface area contributed by atoms with Crippen LogP contribution in [0.2, 0.25) is 5.02 Å². The zero-order valence-corrected chi connectivity index (χ0v) is 11.2. The molecule has 6 heteroatoms. The lowest BCUT2D eigenvalue weighted by Crippen LogP contribution is -2.04. The van der Waals surface area contributed by atoms with E-state index >= 15 is 0 Å². The first-order chi connectivity index (χ1) is 8.06. The number of benzene rings is 1. The highest BCUT2D eigenvalue weighted by Crippen LogP contribution is 2.38. The third-order valence-electron chi connectivity index (χ3n) is 2.31. The monoisotopic (exact) mass is 317 g/mol. The smallest absolute Gasteiger partial charge is 0.358 e. The van der Waals surface area contributed by atoms with Gasteiger partial charge in [0, 0.05) is 4.47 Å². The van der Waals surface area contributed by atoms with Crippen LogP contribution in [0.25, 0.3) is 10.9 Å². The number of H-pyrrole nitrogens is 1. The Hall–Kier alpha value is -1.20. The van der Waals surface area contributed by atoms with Crippen molar-refractivity contribution in [1.29, 1.82) is 0 Å². The average Bonchev–Trinajstić information content (AvgIpc) is 2.62. The number of aromatic nitrogens is 1. The normalized spacial score (nSPS) is 10.8. The minimum atomic E-state index is -0.603. The molecule has 0 spiro atoms. The van der Waals surface area contributed by atoms with E-state index in [1.54, 1.807) is 19.1 Å². The van der Waals surface area contributed by atoms with Gasteiger partial charge in [0.05, 0.1) is 22.5 Å². The molecule has 90 valence electrons. The SMILES string of the molecule is CCOC(=O)c1[nH]c2ccc(Br)c(Cl)c2c1O. The van der Waals surface area contributed by atoms with Crippen LogP contribution in [-0.4, -0.2) is 22.7 Å². The second-order valence-electron chi connectivity index (χ2n) is 3.35. The highest BCUT2D eigenvalue weighted by atomic mass is 79.9. The van der Waals surface area contributed by atoms with Gasteiger partial charge < -0.3 is 14.8 Å². The number of aromatic hydroxyl groups is 1. The summed E-state index contributed by atoms with van der Waals surface area (Å²) in [6.45, 7) is 1.94. The topological polar surface area (TPSA) is 62.3 Å². The van der Waals surface area contributed by atoms with E-state index in [2.05, 4.69) is 20.9 Å². The Bertz CT molecular complexity index is 594. The van der Waals surface area contributed by atoms with Gasteiger partial charge in [-0.2, -0.15) is 0 Å². The second-order valence-corrected chi connectivity index (χ2v) is 4.59. The summed E-state index contributed by atoms with van der Waals surface area (Å²) in [6, 6.07) is 3.45. The first-order valence-electron chi connectivity index (χ1n) is 4.92. The van der Waals surface area contributed by atoms with E-state index in [9.17, 15) is 9.90 Å². The summed E-state index contributed by atoms with van der Waals surface area (Å²) in [6.07, 6.45) is 0. The van der Waals surface area contributed by atoms with E-state index in [-0.39, 0.29) is 18.1 Å². The van der Waals surface area contributed by atoms with Crippen LogP contribution in [0.1, 0.15) is 17.4 Å². The lowest BCUT2D eigenvalue weighted by atomic mass is 10.2. The number of nitrogens with one attached hydrogen (secondary N) is 1. The third-order valence-corrected chi connectivity index (χ3v) is 3.59. The Kier molecular flexibility index (Phi) is 3.31. The van der Waals surface area contributed by atoms with Gasteiger partial charge in [-0.25, -0.2) is 4.79 Å². The molecule has 0 atom stereocenters. The number of rotatable bonds is 2. The molecular formula is C11H9BrClNO3. The van der Waals surface area contributed by atoms with Crippen LogP contribution in [0, 0.1) is 0 Å². The molecule has 1 aromatic heterocycles. The Morgan fingerprint density at radius 3 is 2.94 bits per heavy atom. The van der Waals surface area contributed by atoms with E-state index in [1.807, 2.05) is 0 Å². The van der Waals surface area contributed by atoms with Crippen molar-refractivity contribution in [3.63, 3.8) is 0 Å². The summed E-state index contributed by atoms with van der Waals surface area (Å²) in [5, 5.41) is 10.7. The number of hydrogen-bond acceptors (Lipinski definition) is 3. The van der Waals surface area contributed by atoms with Crippen molar-refractivity contribution in [2.45, 2.75) is 6.92 Å². The lowest BCUT2D eigenvalue weighted by Gasteiger charge is -1.99. The standard InChI is InChI=1S/C11H9BrClNO3/c1-2-17-11(16)9-10(15)7-6(14-9)4-3-5(12)8(7)13/h3-4,14-15H,2H2,1H3. The molecule has 4 nitrogen and oxygen atoms in total.